The lowest BCUT2D eigenvalue weighted by atomic mass is 10.3. The topological polar surface area (TPSA) is 45.7 Å². The van der Waals surface area contributed by atoms with Gasteiger partial charge in [-0.3, -0.25) is 14.6 Å². The van der Waals surface area contributed by atoms with Crippen molar-refractivity contribution in [2.75, 3.05) is 50.0 Å². The number of amides is 1. The molecule has 0 saturated carbocycles. The van der Waals surface area contributed by atoms with Gasteiger partial charge in [-0.05, 0) is 42.8 Å². The summed E-state index contributed by atoms with van der Waals surface area (Å²) in [5.74, 6) is -0.123. The number of anilines is 1. The Morgan fingerprint density at radius 1 is 1.15 bits per heavy atom. The maximum Gasteiger partial charge on any atom is 0.229 e. The normalized spacial score (nSPS) is 14.2. The van der Waals surface area contributed by atoms with Gasteiger partial charge in [0.15, 0.2) is 5.13 Å². The number of hydrogen-bond acceptors (Lipinski definition) is 6. The number of para-hydroxylation sites is 1. The van der Waals surface area contributed by atoms with E-state index in [0.29, 0.717) is 29.4 Å². The van der Waals surface area contributed by atoms with Gasteiger partial charge >= 0.3 is 0 Å². The average molecular weight is 514 g/mol. The first-order chi connectivity index (χ1) is 15.6. The summed E-state index contributed by atoms with van der Waals surface area (Å²) in [7, 11) is 0. The molecule has 10 heteroatoms. The predicted molar refractivity (Wildman–Crippen MR) is 133 cm³/mol. The van der Waals surface area contributed by atoms with Crippen molar-refractivity contribution in [2.24, 2.45) is 0 Å². The van der Waals surface area contributed by atoms with Gasteiger partial charge in [0.05, 0.1) is 17.9 Å². The van der Waals surface area contributed by atoms with Crippen molar-refractivity contribution < 1.29 is 18.3 Å². The Balaban J connectivity index is 0.00000306. The third-order valence-electron chi connectivity index (χ3n) is 5.25. The van der Waals surface area contributed by atoms with Crippen molar-refractivity contribution in [1.82, 2.24) is 9.88 Å². The molecule has 2 aromatic carbocycles. The molecule has 0 aliphatic carbocycles. The molecule has 1 amide bonds. The summed E-state index contributed by atoms with van der Waals surface area (Å²) in [6.45, 7) is 4.67. The fourth-order valence-electron chi connectivity index (χ4n) is 3.54. The Hall–Kier alpha value is -1.78. The van der Waals surface area contributed by atoms with Crippen molar-refractivity contribution in [3.05, 3.63) is 54.1 Å². The van der Waals surface area contributed by atoms with E-state index < -0.39 is 0 Å². The number of carbonyl (C=O) groups is 1. The van der Waals surface area contributed by atoms with Crippen LogP contribution >= 0.6 is 35.5 Å². The summed E-state index contributed by atoms with van der Waals surface area (Å²) in [5.41, 5.74) is 0.305. The van der Waals surface area contributed by atoms with E-state index >= 15 is 0 Å². The van der Waals surface area contributed by atoms with E-state index in [-0.39, 0.29) is 29.9 Å². The molecule has 5 nitrogen and oxygen atoms in total. The fraction of sp³-hybridized carbons (Fsp3) is 0.391. The van der Waals surface area contributed by atoms with Crippen LogP contribution in [0.1, 0.15) is 12.8 Å². The minimum Gasteiger partial charge on any atom is -0.379 e. The monoisotopic (exact) mass is 513 g/mol. The van der Waals surface area contributed by atoms with E-state index in [0.717, 1.165) is 48.9 Å². The molecule has 3 aromatic rings. The van der Waals surface area contributed by atoms with Gasteiger partial charge in [0, 0.05) is 43.2 Å². The highest BCUT2D eigenvalue weighted by molar-refractivity contribution is 7.99. The minimum atomic E-state index is -0.377. The number of rotatable bonds is 9. The molecule has 1 aliphatic rings. The number of fused-ring (bicyclic) bond motifs is 1. The Labute approximate surface area is 206 Å². The third kappa shape index (κ3) is 7.10. The maximum absolute atomic E-state index is 14.2. The highest BCUT2D eigenvalue weighted by Crippen LogP contribution is 2.31. The number of carbonyl (C=O) groups excluding carboxylic acids is 1. The lowest BCUT2D eigenvalue weighted by Gasteiger charge is -2.27. The highest BCUT2D eigenvalue weighted by atomic mass is 35.5. The molecule has 1 aliphatic heterocycles. The number of ether oxygens (including phenoxy) is 1. The fourth-order valence-corrected chi connectivity index (χ4v) is 5.41. The second kappa shape index (κ2) is 12.6. The zero-order valence-corrected chi connectivity index (χ0v) is 20.5. The first-order valence-electron chi connectivity index (χ1n) is 10.6. The van der Waals surface area contributed by atoms with Gasteiger partial charge in [-0.15, -0.1) is 24.2 Å². The van der Waals surface area contributed by atoms with Gasteiger partial charge in [-0.2, -0.15) is 0 Å². The molecule has 2 heterocycles. The van der Waals surface area contributed by atoms with Crippen molar-refractivity contribution in [3.8, 4) is 0 Å². The molecule has 0 N–H and O–H groups in total. The molecule has 1 fully saturated rings. The number of halogens is 3. The number of nitrogens with zero attached hydrogens (tertiary/aromatic N) is 3. The van der Waals surface area contributed by atoms with Crippen LogP contribution in [-0.2, 0) is 9.53 Å². The highest BCUT2D eigenvalue weighted by Gasteiger charge is 2.21. The first kappa shape index (κ1) is 25.8. The van der Waals surface area contributed by atoms with Gasteiger partial charge in [0.25, 0.3) is 0 Å². The lowest BCUT2D eigenvalue weighted by molar-refractivity contribution is -0.118. The lowest BCUT2D eigenvalue weighted by Crippen LogP contribution is -2.39. The molecule has 4 rings (SSSR count). The number of morpholine rings is 1. The maximum atomic E-state index is 14.2. The third-order valence-corrected chi connectivity index (χ3v) is 7.31. The second-order valence-electron chi connectivity index (χ2n) is 7.49. The Kier molecular flexibility index (Phi) is 9.88. The number of thiazole rings is 1. The molecular formula is C23H26ClF2N3O2S2. The van der Waals surface area contributed by atoms with Crippen LogP contribution in [0.4, 0.5) is 13.9 Å². The molecule has 0 unspecified atom stereocenters. The zero-order valence-electron chi connectivity index (χ0n) is 18.0. The van der Waals surface area contributed by atoms with E-state index in [4.69, 9.17) is 4.74 Å². The van der Waals surface area contributed by atoms with E-state index in [1.807, 2.05) is 6.07 Å². The van der Waals surface area contributed by atoms with Crippen molar-refractivity contribution in [1.29, 1.82) is 0 Å². The van der Waals surface area contributed by atoms with Crippen molar-refractivity contribution >= 4 is 56.8 Å². The quantitative estimate of drug-likeness (QED) is 0.366. The molecule has 0 bridgehead atoms. The second-order valence-corrected chi connectivity index (χ2v) is 9.67. The average Bonchev–Trinajstić information content (AvgIpc) is 3.24. The van der Waals surface area contributed by atoms with Gasteiger partial charge in [0.1, 0.15) is 17.2 Å². The van der Waals surface area contributed by atoms with Crippen LogP contribution in [0, 0.1) is 11.6 Å². The van der Waals surface area contributed by atoms with Crippen LogP contribution in [0.25, 0.3) is 10.2 Å². The van der Waals surface area contributed by atoms with Crippen LogP contribution < -0.4 is 4.90 Å². The first-order valence-corrected chi connectivity index (χ1v) is 12.4. The summed E-state index contributed by atoms with van der Waals surface area (Å²) in [6.07, 6.45) is 1.12. The van der Waals surface area contributed by atoms with E-state index in [1.54, 1.807) is 23.1 Å². The molecule has 33 heavy (non-hydrogen) atoms. The van der Waals surface area contributed by atoms with Gasteiger partial charge in [-0.25, -0.2) is 13.8 Å². The molecular weight excluding hydrogens is 488 g/mol. The Bertz CT molecular complexity index is 1050. The summed E-state index contributed by atoms with van der Waals surface area (Å²) in [6, 6.07) is 11.1. The molecule has 1 aromatic heterocycles. The summed E-state index contributed by atoms with van der Waals surface area (Å²) in [4.78, 5) is 22.5. The summed E-state index contributed by atoms with van der Waals surface area (Å²) in [5, 5.41) is 0.531. The van der Waals surface area contributed by atoms with Crippen LogP contribution in [0.2, 0.25) is 0 Å². The summed E-state index contributed by atoms with van der Waals surface area (Å²) >= 11 is 2.85. The minimum absolute atomic E-state index is 0. The van der Waals surface area contributed by atoms with Gasteiger partial charge < -0.3 is 4.74 Å². The largest absolute Gasteiger partial charge is 0.379 e. The Morgan fingerprint density at radius 2 is 1.91 bits per heavy atom. The number of aromatic nitrogens is 1. The molecule has 0 spiro atoms. The zero-order chi connectivity index (χ0) is 22.3. The van der Waals surface area contributed by atoms with Crippen LogP contribution in [0.5, 0.6) is 0 Å². The number of benzene rings is 2. The molecule has 0 atom stereocenters. The van der Waals surface area contributed by atoms with E-state index in [1.165, 1.54) is 41.3 Å². The van der Waals surface area contributed by atoms with Crippen molar-refractivity contribution in [3.63, 3.8) is 0 Å². The molecule has 178 valence electrons. The van der Waals surface area contributed by atoms with Crippen LogP contribution in [0.3, 0.4) is 0 Å². The standard InChI is InChI=1S/C23H25F2N3O2S2.ClH/c24-17-5-7-18(8-6-17)31-16-9-21(29)28(11-2-10-27-12-14-30-15-13-27)23-26-22-19(25)3-1-4-20(22)32-23;/h1,3-8H,2,9-16H2;1H. The van der Waals surface area contributed by atoms with Gasteiger partial charge in [0.2, 0.25) is 5.91 Å². The SMILES string of the molecule is Cl.O=C(CCSc1ccc(F)cc1)N(CCCN1CCOCC1)c1nc2c(F)cccc2s1. The van der Waals surface area contributed by atoms with E-state index in [9.17, 15) is 13.6 Å². The van der Waals surface area contributed by atoms with Crippen molar-refractivity contribution in [2.45, 2.75) is 17.7 Å². The summed E-state index contributed by atoms with van der Waals surface area (Å²) < 4.78 is 33.4. The Morgan fingerprint density at radius 3 is 2.64 bits per heavy atom. The number of thioether (sulfide) groups is 1. The van der Waals surface area contributed by atoms with E-state index in [2.05, 4.69) is 9.88 Å². The molecule has 0 radical (unpaired) electrons. The van der Waals surface area contributed by atoms with Gasteiger partial charge in [-0.1, -0.05) is 17.4 Å². The van der Waals surface area contributed by atoms with Crippen LogP contribution in [0.15, 0.2) is 47.4 Å². The van der Waals surface area contributed by atoms with Crippen LogP contribution in [-0.4, -0.2) is 60.9 Å². The molecule has 1 saturated heterocycles. The smallest absolute Gasteiger partial charge is 0.229 e. The number of hydrogen-bond donors (Lipinski definition) is 0. The predicted octanol–water partition coefficient (Wildman–Crippen LogP) is 5.23.